The number of hydrogen-bond acceptors (Lipinski definition) is 4. The first kappa shape index (κ1) is 95.4. The summed E-state index contributed by atoms with van der Waals surface area (Å²) >= 11 is 5.58. The molecular weight excluding hydrogens is 1880 g/mol. The van der Waals surface area contributed by atoms with E-state index in [1.807, 2.05) is 0 Å². The van der Waals surface area contributed by atoms with Crippen molar-refractivity contribution in [1.82, 2.24) is 19.9 Å². The van der Waals surface area contributed by atoms with Gasteiger partial charge in [0.25, 0.3) is 0 Å². The van der Waals surface area contributed by atoms with Crippen LogP contribution in [-0.4, -0.2) is 119 Å². The number of H-pyrrole nitrogens is 4. The van der Waals surface area contributed by atoms with Crippen molar-refractivity contribution in [2.75, 3.05) is 0 Å². The monoisotopic (exact) mass is 1890 g/mol. The minimum absolute atomic E-state index is 0.789. The van der Waals surface area contributed by atoms with E-state index < -0.39 is 324 Å². The number of fused-ring (bicyclic) bond motifs is 20. The number of nitrogens with zero attached hydrogens (tertiary/aromatic N) is 4. The molecule has 4 aromatic heterocycles. The standard InChI is InChI=1S/C56H11ClF56N8/c57-24-22-14(7-21(39(64,53(102,103)104)54(105,106)107)23(24)40(65,55(108,109)110)56(111,112)113)31-119-29-11-4-18(36(61,47(84,85)86)48(87,88)89)17(35(60,45(78,79)80)46(81,82)83)3-10(11)27(117-29)115-25-8-1-15(33(58,41(66,67)68)42(69,70)71)16(34(59,43(72,73)74)44(75,76)77)2-9(8)26(114-25)116-28-12-5-19(37(62,49(90,91)92)50(93,94)95)20(38(63,51(96,97)98)52(99,100)101)6-13(12)30(118-28)120-32(22)121-31/h1-7H,(H4,114,115,116,117,118,119,120,121). The van der Waals surface area contributed by atoms with Gasteiger partial charge in [-0.05, 0) is 42.5 Å². The first-order valence-corrected chi connectivity index (χ1v) is 29.5. The van der Waals surface area contributed by atoms with Crippen LogP contribution in [0.3, 0.4) is 0 Å². The van der Waals surface area contributed by atoms with Crippen LogP contribution in [0.1, 0.15) is 44.5 Å². The SMILES string of the molecule is FC(F)(F)C(F)(c1cc2c3[nH]c(c2cc1C(F)(C(F)(F)F)C(F)(F)F)N=c1[nH]c(c2c(Cl)c(C(F)(C(F)(F)F)C(F)(F)F)c(C(F)(C(F)(F)F)C(F)(F)F)cc12)=Nc1[nH]c(c2cc(C(F)(C(F)(F)F)C(F)(F)F)c(C(F)(C(F)(F)F)C(F)(F)F)cc12)N=c1[nH]c(c2cc(C(F)(C(F)(F)F)C(F)(F)F)c(C(F)(C(F)(F)F)C(F)(F)F)cc12)=N3)C(F)(F)F. The van der Waals surface area contributed by atoms with Gasteiger partial charge in [0.05, 0.1) is 5.02 Å². The average Bonchev–Trinajstić information content (AvgIpc) is 1.69. The first-order valence-electron chi connectivity index (χ1n) is 29.1. The molecule has 9 rings (SSSR count). The third kappa shape index (κ3) is 13.2. The van der Waals surface area contributed by atoms with Crippen LogP contribution in [0, 0.1) is 0 Å². The molecular formula is C56H11ClF56N8. The van der Waals surface area contributed by atoms with Gasteiger partial charge >= 0.3 is 144 Å². The molecule has 121 heavy (non-hydrogen) atoms. The number of aromatic amines is 4. The predicted octanol–water partition coefficient (Wildman–Crippen LogP) is 24.7. The van der Waals surface area contributed by atoms with E-state index in [1.165, 1.54) is 0 Å². The van der Waals surface area contributed by atoms with Gasteiger partial charge in [-0.25, -0.2) is 55.1 Å². The lowest BCUT2D eigenvalue weighted by Gasteiger charge is -2.37. The predicted molar refractivity (Wildman–Crippen MR) is 281 cm³/mol. The molecule has 65 heteroatoms. The van der Waals surface area contributed by atoms with Crippen LogP contribution in [0.4, 0.5) is 269 Å². The van der Waals surface area contributed by atoms with E-state index in [0.717, 1.165) is 19.9 Å². The molecule has 1 aliphatic heterocycles. The van der Waals surface area contributed by atoms with E-state index in [-0.39, 0.29) is 0 Å². The highest BCUT2D eigenvalue weighted by Crippen LogP contribution is 2.68. The van der Waals surface area contributed by atoms with Gasteiger partial charge in [-0.3, -0.25) is 0 Å². The van der Waals surface area contributed by atoms with Crippen molar-refractivity contribution in [2.45, 2.75) is 144 Å². The smallest absolute Gasteiger partial charge is 0.324 e. The molecule has 8 aromatic rings. The van der Waals surface area contributed by atoms with E-state index >= 15 is 35.1 Å². The Kier molecular flexibility index (Phi) is 20.8. The van der Waals surface area contributed by atoms with Crippen molar-refractivity contribution in [3.05, 3.63) is 114 Å². The van der Waals surface area contributed by atoms with Gasteiger partial charge in [-0.1, -0.05) is 11.6 Å². The summed E-state index contributed by atoms with van der Waals surface area (Å²) in [5.41, 5.74) is -117. The molecule has 0 unspecified atom stereocenters. The lowest BCUT2D eigenvalue weighted by molar-refractivity contribution is -0.359. The molecule has 8 bridgehead atoms. The van der Waals surface area contributed by atoms with E-state index in [2.05, 4.69) is 20.0 Å². The number of aromatic nitrogens is 4. The summed E-state index contributed by atoms with van der Waals surface area (Å²) in [4.78, 5) is 14.3. The van der Waals surface area contributed by atoms with E-state index in [4.69, 9.17) is 11.6 Å². The largest absolute Gasteiger partial charge is 0.436 e. The Balaban J connectivity index is 1.85. The number of benzene rings is 4. The van der Waals surface area contributed by atoms with Gasteiger partial charge in [0.2, 0.25) is 0 Å². The molecule has 1 aliphatic rings. The van der Waals surface area contributed by atoms with Gasteiger partial charge in [-0.15, -0.1) is 0 Å². The van der Waals surface area contributed by atoms with Crippen molar-refractivity contribution >= 4 is 78.0 Å². The first-order chi connectivity index (χ1) is 53.1. The summed E-state index contributed by atoms with van der Waals surface area (Å²) in [5, 5.41) is -28.2. The van der Waals surface area contributed by atoms with Gasteiger partial charge < -0.3 is 19.9 Å². The maximum atomic E-state index is 16.7. The Morgan fingerprint density at radius 2 is 0.322 bits per heavy atom. The molecule has 0 saturated carbocycles. The number of hydrogen-bond donors (Lipinski definition) is 4. The summed E-state index contributed by atoms with van der Waals surface area (Å²) in [7, 11) is 0. The summed E-state index contributed by atoms with van der Waals surface area (Å²) in [6.45, 7) is 0. The summed E-state index contributed by atoms with van der Waals surface area (Å²) in [6, 6.07) is -14.4. The third-order valence-electron chi connectivity index (χ3n) is 17.8. The van der Waals surface area contributed by atoms with E-state index in [1.54, 1.807) is 0 Å². The zero-order valence-corrected chi connectivity index (χ0v) is 54.6. The third-order valence-corrected chi connectivity index (χ3v) is 18.2. The number of alkyl halides is 56. The fraction of sp³-hybridized carbons (Fsp3) is 0.429. The highest BCUT2D eigenvalue weighted by Gasteiger charge is 2.85. The van der Waals surface area contributed by atoms with Crippen LogP contribution < -0.4 is 22.0 Å². The van der Waals surface area contributed by atoms with Crippen LogP contribution in [0.15, 0.2) is 62.4 Å². The molecule has 0 radical (unpaired) electrons. The topological polar surface area (TPSA) is 113 Å². The van der Waals surface area contributed by atoms with Crippen LogP contribution >= 0.6 is 11.6 Å². The fourth-order valence-electron chi connectivity index (χ4n) is 12.2. The van der Waals surface area contributed by atoms with Gasteiger partial charge in [0, 0.05) is 87.6 Å². The lowest BCUT2D eigenvalue weighted by Crippen LogP contribution is -2.56. The second kappa shape index (κ2) is 26.3. The molecule has 5 heterocycles. The van der Waals surface area contributed by atoms with Crippen LogP contribution in [-0.2, 0) is 45.4 Å². The average molecular weight is 1900 g/mol. The lowest BCUT2D eigenvalue weighted by atomic mass is 9.80. The Morgan fingerprint density at radius 1 is 0.174 bits per heavy atom. The zero-order chi connectivity index (χ0) is 94.0. The minimum atomic E-state index is -8.52. The summed E-state index contributed by atoms with van der Waals surface area (Å²) in [6.07, 6.45) is -135. The van der Waals surface area contributed by atoms with Crippen molar-refractivity contribution < 1.29 is 246 Å². The Hall–Kier alpha value is -9.39. The molecule has 0 saturated heterocycles. The molecule has 4 aromatic carbocycles. The van der Waals surface area contributed by atoms with E-state index in [9.17, 15) is 211 Å². The molecule has 674 valence electrons. The van der Waals surface area contributed by atoms with Crippen molar-refractivity contribution in [3.63, 3.8) is 0 Å². The quantitative estimate of drug-likeness (QED) is 0.109. The number of nitrogens with one attached hydrogen (secondary N) is 4. The fourth-order valence-corrected chi connectivity index (χ4v) is 12.6. The summed E-state index contributed by atoms with van der Waals surface area (Å²) < 4.78 is 847. The maximum Gasteiger partial charge on any atom is 0.436 e. The van der Waals surface area contributed by atoms with Crippen molar-refractivity contribution in [1.29, 1.82) is 0 Å². The molecule has 0 spiro atoms. The number of halogens is 57. The molecule has 4 N–H and O–H groups in total. The molecule has 0 atom stereocenters. The highest BCUT2D eigenvalue weighted by molar-refractivity contribution is 6.36. The van der Waals surface area contributed by atoms with Crippen molar-refractivity contribution in [3.8, 4) is 0 Å². The Labute approximate surface area is 621 Å². The minimum Gasteiger partial charge on any atom is -0.324 e. The summed E-state index contributed by atoms with van der Waals surface area (Å²) in [5.74, 6) is -12.0. The van der Waals surface area contributed by atoms with Crippen LogP contribution in [0.5, 0.6) is 0 Å². The number of rotatable bonds is 8. The zero-order valence-electron chi connectivity index (χ0n) is 53.9. The molecule has 0 fully saturated rings. The molecule has 0 amide bonds. The normalized spacial score (nSPS) is 15.9. The second-order valence-electron chi connectivity index (χ2n) is 24.8. The second-order valence-corrected chi connectivity index (χ2v) is 25.2. The van der Waals surface area contributed by atoms with Crippen LogP contribution in [0.2, 0.25) is 5.02 Å². The highest BCUT2D eigenvalue weighted by atomic mass is 35.5. The van der Waals surface area contributed by atoms with Crippen LogP contribution in [0.25, 0.3) is 43.1 Å². The maximum absolute atomic E-state index is 16.7. The molecule has 8 nitrogen and oxygen atoms in total. The Morgan fingerprint density at radius 3 is 0.512 bits per heavy atom. The van der Waals surface area contributed by atoms with E-state index in [0.29, 0.717) is 0 Å². The Bertz CT molecular complexity index is 5590. The van der Waals surface area contributed by atoms with Gasteiger partial charge in [0.15, 0.2) is 0 Å². The van der Waals surface area contributed by atoms with Gasteiger partial charge in [0.1, 0.15) is 45.2 Å². The van der Waals surface area contributed by atoms with Crippen molar-refractivity contribution in [2.24, 2.45) is 20.0 Å². The molecule has 0 aliphatic carbocycles. The van der Waals surface area contributed by atoms with Gasteiger partial charge in [-0.2, -0.15) is 211 Å².